The average Bonchev–Trinajstić information content (AvgIpc) is 3.11. The molecule has 0 aliphatic heterocycles. The fourth-order valence-electron chi connectivity index (χ4n) is 3.07. The maximum absolute atomic E-state index is 12.5. The summed E-state index contributed by atoms with van der Waals surface area (Å²) >= 11 is 3.38. The van der Waals surface area contributed by atoms with Gasteiger partial charge in [-0.3, -0.25) is 4.79 Å². The van der Waals surface area contributed by atoms with Crippen LogP contribution in [0.25, 0.3) is 0 Å². The van der Waals surface area contributed by atoms with E-state index in [0.29, 0.717) is 30.0 Å². The molecular formula is C19H19BrN2O4. The zero-order valence-corrected chi connectivity index (χ0v) is 15.9. The smallest absolute Gasteiger partial charge is 0.331 e. The Morgan fingerprint density at radius 2 is 1.96 bits per heavy atom. The number of nitrogens with zero attached hydrogens (tertiary/aromatic N) is 1. The molecule has 2 aromatic rings. The summed E-state index contributed by atoms with van der Waals surface area (Å²) in [6, 6.07) is 10.6. The number of nitrogens with one attached hydrogen (secondary N) is 1. The van der Waals surface area contributed by atoms with E-state index in [2.05, 4.69) is 26.2 Å². The summed E-state index contributed by atoms with van der Waals surface area (Å²) in [6.07, 6.45) is 4.37. The monoisotopic (exact) mass is 418 g/mol. The second-order valence-corrected chi connectivity index (χ2v) is 7.10. The lowest BCUT2D eigenvalue weighted by Gasteiger charge is -2.27. The van der Waals surface area contributed by atoms with Crippen molar-refractivity contribution >= 4 is 27.8 Å². The number of carbonyl (C=O) groups excluding carboxylic acids is 2. The van der Waals surface area contributed by atoms with E-state index in [4.69, 9.17) is 9.47 Å². The van der Waals surface area contributed by atoms with Crippen LogP contribution in [-0.4, -0.2) is 29.5 Å². The highest BCUT2D eigenvalue weighted by Crippen LogP contribution is 2.31. The molecular weight excluding hydrogens is 400 g/mol. The minimum atomic E-state index is -0.933. The fraction of sp³-hybridized carbons (Fsp3) is 0.316. The van der Waals surface area contributed by atoms with Gasteiger partial charge in [0, 0.05) is 16.7 Å². The van der Waals surface area contributed by atoms with Crippen LogP contribution in [0.4, 0.5) is 0 Å². The molecule has 136 valence electrons. The molecule has 1 aliphatic carbocycles. The number of hydrogen-bond acceptors (Lipinski definition) is 5. The summed E-state index contributed by atoms with van der Waals surface area (Å²) in [4.78, 5) is 28.8. The van der Waals surface area contributed by atoms with Gasteiger partial charge in [0.05, 0.1) is 12.7 Å². The van der Waals surface area contributed by atoms with Crippen LogP contribution in [0.3, 0.4) is 0 Å². The fourth-order valence-corrected chi connectivity index (χ4v) is 3.45. The number of carbonyl (C=O) groups is 2. The quantitative estimate of drug-likeness (QED) is 0.745. The van der Waals surface area contributed by atoms with Crippen LogP contribution in [-0.2, 0) is 9.53 Å². The first-order valence-corrected chi connectivity index (χ1v) is 9.12. The van der Waals surface area contributed by atoms with Crippen molar-refractivity contribution in [2.45, 2.75) is 31.2 Å². The lowest BCUT2D eigenvalue weighted by Crippen LogP contribution is -2.53. The predicted octanol–water partition coefficient (Wildman–Crippen LogP) is 3.85. The average molecular weight is 419 g/mol. The Kier molecular flexibility index (Phi) is 5.56. The Morgan fingerprint density at radius 1 is 1.19 bits per heavy atom. The van der Waals surface area contributed by atoms with Crippen LogP contribution < -0.4 is 10.1 Å². The van der Waals surface area contributed by atoms with E-state index in [-0.39, 0.29) is 5.91 Å². The number of halogens is 1. The minimum Gasteiger partial charge on any atom is -0.467 e. The van der Waals surface area contributed by atoms with Gasteiger partial charge in [-0.15, -0.1) is 0 Å². The Labute approximate surface area is 160 Å². The van der Waals surface area contributed by atoms with E-state index < -0.39 is 11.5 Å². The molecule has 1 N–H and O–H groups in total. The first-order chi connectivity index (χ1) is 12.5. The largest absolute Gasteiger partial charge is 0.467 e. The zero-order valence-electron chi connectivity index (χ0n) is 14.3. The molecule has 1 aliphatic rings. The van der Waals surface area contributed by atoms with Gasteiger partial charge in [0.25, 0.3) is 5.91 Å². The standard InChI is InChI=1S/C19H19BrN2O4/c1-25-18(24)19(9-2-3-10-19)22-17(23)13-7-8-16(21-12-13)26-15-6-4-5-14(20)11-15/h4-8,11-12H,2-3,9-10H2,1H3,(H,22,23). The number of aromatic nitrogens is 1. The van der Waals surface area contributed by atoms with Gasteiger partial charge in [0.2, 0.25) is 5.88 Å². The number of pyridine rings is 1. The predicted molar refractivity (Wildman–Crippen MR) is 99.1 cm³/mol. The van der Waals surface area contributed by atoms with E-state index in [0.717, 1.165) is 17.3 Å². The highest BCUT2D eigenvalue weighted by molar-refractivity contribution is 9.10. The molecule has 0 unspecified atom stereocenters. The lowest BCUT2D eigenvalue weighted by atomic mass is 9.97. The summed E-state index contributed by atoms with van der Waals surface area (Å²) in [6.45, 7) is 0. The van der Waals surface area contributed by atoms with Crippen molar-refractivity contribution in [2.24, 2.45) is 0 Å². The van der Waals surface area contributed by atoms with E-state index in [1.54, 1.807) is 12.1 Å². The highest BCUT2D eigenvalue weighted by atomic mass is 79.9. The molecule has 0 saturated heterocycles. The topological polar surface area (TPSA) is 77.5 Å². The molecule has 0 bridgehead atoms. The van der Waals surface area contributed by atoms with Crippen molar-refractivity contribution < 1.29 is 19.1 Å². The van der Waals surface area contributed by atoms with Gasteiger partial charge in [-0.1, -0.05) is 34.8 Å². The molecule has 1 fully saturated rings. The molecule has 6 nitrogen and oxygen atoms in total. The van der Waals surface area contributed by atoms with Gasteiger partial charge in [0.15, 0.2) is 0 Å². The first-order valence-electron chi connectivity index (χ1n) is 8.33. The van der Waals surface area contributed by atoms with Crippen molar-refractivity contribution in [3.63, 3.8) is 0 Å². The Bertz CT molecular complexity index is 801. The molecule has 3 rings (SSSR count). The normalized spacial score (nSPS) is 15.3. The zero-order chi connectivity index (χ0) is 18.6. The lowest BCUT2D eigenvalue weighted by molar-refractivity contribution is -0.148. The number of hydrogen-bond donors (Lipinski definition) is 1. The second-order valence-electron chi connectivity index (χ2n) is 6.18. The number of benzene rings is 1. The van der Waals surface area contributed by atoms with Gasteiger partial charge in [-0.25, -0.2) is 9.78 Å². The van der Waals surface area contributed by atoms with Gasteiger partial charge in [-0.2, -0.15) is 0 Å². The maximum atomic E-state index is 12.5. The summed E-state index contributed by atoms with van der Waals surface area (Å²) in [5, 5.41) is 2.84. The minimum absolute atomic E-state index is 0.348. The van der Waals surface area contributed by atoms with Crippen LogP contribution in [0.15, 0.2) is 47.1 Å². The molecule has 26 heavy (non-hydrogen) atoms. The number of amides is 1. The molecule has 0 atom stereocenters. The third kappa shape index (κ3) is 4.04. The SMILES string of the molecule is COC(=O)C1(NC(=O)c2ccc(Oc3cccc(Br)c3)nc2)CCCC1. The van der Waals surface area contributed by atoms with Gasteiger partial charge in [0.1, 0.15) is 11.3 Å². The van der Waals surface area contributed by atoms with Gasteiger partial charge < -0.3 is 14.8 Å². The number of esters is 1. The molecule has 0 spiro atoms. The van der Waals surface area contributed by atoms with Crippen molar-refractivity contribution in [1.82, 2.24) is 10.3 Å². The Morgan fingerprint density at radius 3 is 2.58 bits per heavy atom. The molecule has 1 amide bonds. The van der Waals surface area contributed by atoms with Crippen molar-refractivity contribution in [3.8, 4) is 11.6 Å². The van der Waals surface area contributed by atoms with Crippen LogP contribution in [0.5, 0.6) is 11.6 Å². The molecule has 1 aromatic carbocycles. The number of ether oxygens (including phenoxy) is 2. The van der Waals surface area contributed by atoms with Crippen LogP contribution in [0.1, 0.15) is 36.0 Å². The molecule has 0 radical (unpaired) electrons. The molecule has 1 aromatic heterocycles. The van der Waals surface area contributed by atoms with Gasteiger partial charge >= 0.3 is 5.97 Å². The van der Waals surface area contributed by atoms with Crippen molar-refractivity contribution in [2.75, 3.05) is 7.11 Å². The summed E-state index contributed by atoms with van der Waals surface area (Å²) in [5.41, 5.74) is -0.570. The molecule has 1 saturated carbocycles. The summed E-state index contributed by atoms with van der Waals surface area (Å²) in [7, 11) is 1.34. The van der Waals surface area contributed by atoms with E-state index in [9.17, 15) is 9.59 Å². The first kappa shape index (κ1) is 18.4. The summed E-state index contributed by atoms with van der Waals surface area (Å²) in [5.74, 6) is 0.271. The Balaban J connectivity index is 1.69. The van der Waals surface area contributed by atoms with E-state index in [1.165, 1.54) is 13.3 Å². The van der Waals surface area contributed by atoms with E-state index >= 15 is 0 Å². The third-order valence-corrected chi connectivity index (χ3v) is 4.90. The van der Waals surface area contributed by atoms with E-state index in [1.807, 2.05) is 24.3 Å². The van der Waals surface area contributed by atoms with Crippen LogP contribution >= 0.6 is 15.9 Å². The van der Waals surface area contributed by atoms with Crippen LogP contribution in [0.2, 0.25) is 0 Å². The maximum Gasteiger partial charge on any atom is 0.331 e. The molecule has 7 heteroatoms. The summed E-state index contributed by atoms with van der Waals surface area (Å²) < 4.78 is 11.4. The highest BCUT2D eigenvalue weighted by Gasteiger charge is 2.43. The Hall–Kier alpha value is -2.41. The van der Waals surface area contributed by atoms with Crippen LogP contribution in [0, 0.1) is 0 Å². The third-order valence-electron chi connectivity index (χ3n) is 4.40. The van der Waals surface area contributed by atoms with Crippen molar-refractivity contribution in [1.29, 1.82) is 0 Å². The molecule has 1 heterocycles. The van der Waals surface area contributed by atoms with Crippen molar-refractivity contribution in [3.05, 3.63) is 52.6 Å². The number of methoxy groups -OCH3 is 1. The second kappa shape index (κ2) is 7.86. The van der Waals surface area contributed by atoms with Gasteiger partial charge in [-0.05, 0) is 37.1 Å². The number of rotatable bonds is 5.